The van der Waals surface area contributed by atoms with Crippen molar-refractivity contribution in [2.24, 2.45) is 0 Å². The third-order valence-corrected chi connectivity index (χ3v) is 2.75. The first-order valence-electron chi connectivity index (χ1n) is 5.43. The van der Waals surface area contributed by atoms with E-state index in [2.05, 4.69) is 17.1 Å². The van der Waals surface area contributed by atoms with Crippen LogP contribution in [0.5, 0.6) is 0 Å². The Balaban J connectivity index is 2.18. The van der Waals surface area contributed by atoms with Crippen LogP contribution in [0.25, 0.3) is 0 Å². The second-order valence-electron chi connectivity index (χ2n) is 3.76. The molecule has 1 aliphatic heterocycles. The van der Waals surface area contributed by atoms with Crippen LogP contribution >= 0.6 is 0 Å². The first kappa shape index (κ1) is 11.0. The molecular weight excluding hydrogens is 164 g/mol. The van der Waals surface area contributed by atoms with Crippen LogP contribution in [0.2, 0.25) is 0 Å². The number of hydrogen-bond donors (Lipinski definition) is 2. The summed E-state index contributed by atoms with van der Waals surface area (Å²) in [6.07, 6.45) is 3.97. The Morgan fingerprint density at radius 3 is 2.85 bits per heavy atom. The van der Waals surface area contributed by atoms with Crippen molar-refractivity contribution in [2.45, 2.75) is 32.2 Å². The summed E-state index contributed by atoms with van der Waals surface area (Å²) in [6, 6.07) is 0.653. The number of aliphatic hydroxyl groups is 1. The van der Waals surface area contributed by atoms with Crippen LogP contribution in [0.3, 0.4) is 0 Å². The predicted octanol–water partition coefficient (Wildman–Crippen LogP) is 0.443. The van der Waals surface area contributed by atoms with Crippen molar-refractivity contribution in [1.82, 2.24) is 10.2 Å². The SMILES string of the molecule is CCN(CCO)C[C@@H]1CCCCN1. The van der Waals surface area contributed by atoms with E-state index in [1.165, 1.54) is 25.8 Å². The molecular formula is C10H22N2O. The maximum atomic E-state index is 8.84. The van der Waals surface area contributed by atoms with Crippen LogP contribution in [0.4, 0.5) is 0 Å². The summed E-state index contributed by atoms with van der Waals surface area (Å²) in [7, 11) is 0. The number of likely N-dealkylation sites (N-methyl/N-ethyl adjacent to an activating group) is 1. The number of nitrogens with zero attached hydrogens (tertiary/aromatic N) is 1. The molecule has 1 fully saturated rings. The fourth-order valence-electron chi connectivity index (χ4n) is 1.91. The van der Waals surface area contributed by atoms with Gasteiger partial charge in [-0.3, -0.25) is 4.90 Å². The van der Waals surface area contributed by atoms with Crippen LogP contribution in [-0.4, -0.2) is 48.8 Å². The molecule has 78 valence electrons. The third-order valence-electron chi connectivity index (χ3n) is 2.75. The highest BCUT2D eigenvalue weighted by Crippen LogP contribution is 2.08. The molecule has 1 atom stereocenters. The fourth-order valence-corrected chi connectivity index (χ4v) is 1.91. The van der Waals surface area contributed by atoms with Crippen LogP contribution in [0, 0.1) is 0 Å². The molecule has 1 rings (SSSR count). The van der Waals surface area contributed by atoms with Crippen molar-refractivity contribution in [3.63, 3.8) is 0 Å². The van der Waals surface area contributed by atoms with Gasteiger partial charge in [-0.2, -0.15) is 0 Å². The Labute approximate surface area is 81.1 Å². The summed E-state index contributed by atoms with van der Waals surface area (Å²) >= 11 is 0. The van der Waals surface area contributed by atoms with Crippen LogP contribution in [-0.2, 0) is 0 Å². The van der Waals surface area contributed by atoms with Crippen LogP contribution in [0.1, 0.15) is 26.2 Å². The minimum atomic E-state index is 0.278. The van der Waals surface area contributed by atoms with Crippen molar-refractivity contribution in [3.05, 3.63) is 0 Å². The zero-order valence-electron chi connectivity index (χ0n) is 8.63. The third kappa shape index (κ3) is 4.07. The van der Waals surface area contributed by atoms with Gasteiger partial charge in [0.15, 0.2) is 0 Å². The van der Waals surface area contributed by atoms with Gasteiger partial charge >= 0.3 is 0 Å². The molecule has 0 aromatic carbocycles. The minimum Gasteiger partial charge on any atom is -0.395 e. The second kappa shape index (κ2) is 6.35. The van der Waals surface area contributed by atoms with Crippen LogP contribution < -0.4 is 5.32 Å². The zero-order chi connectivity index (χ0) is 9.52. The van der Waals surface area contributed by atoms with Gasteiger partial charge in [-0.25, -0.2) is 0 Å². The van der Waals surface area contributed by atoms with Gasteiger partial charge in [-0.15, -0.1) is 0 Å². The first-order valence-corrected chi connectivity index (χ1v) is 5.43. The summed E-state index contributed by atoms with van der Waals surface area (Å²) in [4.78, 5) is 2.31. The lowest BCUT2D eigenvalue weighted by Crippen LogP contribution is -2.44. The number of hydrogen-bond acceptors (Lipinski definition) is 3. The molecule has 0 aliphatic carbocycles. The molecule has 0 aromatic heterocycles. The molecule has 1 saturated heterocycles. The molecule has 0 radical (unpaired) electrons. The molecule has 13 heavy (non-hydrogen) atoms. The largest absolute Gasteiger partial charge is 0.395 e. The summed E-state index contributed by atoms with van der Waals surface area (Å²) in [5.74, 6) is 0. The monoisotopic (exact) mass is 186 g/mol. The molecule has 0 spiro atoms. The standard InChI is InChI=1S/C10H22N2O/c1-2-12(7-8-13)9-10-5-3-4-6-11-10/h10-11,13H,2-9H2,1H3/t10-/m0/s1. The average molecular weight is 186 g/mol. The van der Waals surface area contributed by atoms with E-state index in [-0.39, 0.29) is 6.61 Å². The molecule has 0 bridgehead atoms. The molecule has 0 unspecified atom stereocenters. The van der Waals surface area contributed by atoms with Crippen molar-refractivity contribution < 1.29 is 5.11 Å². The highest BCUT2D eigenvalue weighted by molar-refractivity contribution is 4.75. The molecule has 2 N–H and O–H groups in total. The summed E-state index contributed by atoms with van der Waals surface area (Å²) in [5.41, 5.74) is 0. The van der Waals surface area contributed by atoms with Gasteiger partial charge in [-0.05, 0) is 25.9 Å². The maximum Gasteiger partial charge on any atom is 0.0558 e. The van der Waals surface area contributed by atoms with E-state index in [1.54, 1.807) is 0 Å². The molecule has 0 saturated carbocycles. The van der Waals surface area contributed by atoms with E-state index in [1.807, 2.05) is 0 Å². The van der Waals surface area contributed by atoms with Gasteiger partial charge in [0.25, 0.3) is 0 Å². The van der Waals surface area contributed by atoms with E-state index < -0.39 is 0 Å². The number of nitrogens with one attached hydrogen (secondary N) is 1. The molecule has 0 amide bonds. The zero-order valence-corrected chi connectivity index (χ0v) is 8.63. The lowest BCUT2D eigenvalue weighted by atomic mass is 10.0. The Morgan fingerprint density at radius 2 is 2.31 bits per heavy atom. The van der Waals surface area contributed by atoms with E-state index in [0.717, 1.165) is 19.6 Å². The number of piperidine rings is 1. The van der Waals surface area contributed by atoms with E-state index >= 15 is 0 Å². The predicted molar refractivity (Wildman–Crippen MR) is 54.8 cm³/mol. The highest BCUT2D eigenvalue weighted by atomic mass is 16.3. The van der Waals surface area contributed by atoms with E-state index in [9.17, 15) is 0 Å². The molecule has 3 nitrogen and oxygen atoms in total. The van der Waals surface area contributed by atoms with Gasteiger partial charge < -0.3 is 10.4 Å². The van der Waals surface area contributed by atoms with Crippen molar-refractivity contribution in [2.75, 3.05) is 32.8 Å². The Bertz CT molecular complexity index is 121. The van der Waals surface area contributed by atoms with E-state index in [4.69, 9.17) is 5.11 Å². The average Bonchev–Trinajstić information content (AvgIpc) is 2.19. The maximum absolute atomic E-state index is 8.84. The summed E-state index contributed by atoms with van der Waals surface area (Å²) in [5, 5.41) is 12.4. The van der Waals surface area contributed by atoms with Gasteiger partial charge in [0.05, 0.1) is 6.61 Å². The quantitative estimate of drug-likeness (QED) is 0.654. The van der Waals surface area contributed by atoms with Crippen LogP contribution in [0.15, 0.2) is 0 Å². The van der Waals surface area contributed by atoms with Crippen molar-refractivity contribution in [1.29, 1.82) is 0 Å². The molecule has 0 aromatic rings. The van der Waals surface area contributed by atoms with Crippen molar-refractivity contribution >= 4 is 0 Å². The van der Waals surface area contributed by atoms with E-state index in [0.29, 0.717) is 6.04 Å². The topological polar surface area (TPSA) is 35.5 Å². The summed E-state index contributed by atoms with van der Waals surface area (Å²) in [6.45, 7) is 6.55. The highest BCUT2D eigenvalue weighted by Gasteiger charge is 2.14. The Kier molecular flexibility index (Phi) is 5.35. The first-order chi connectivity index (χ1) is 6.36. The smallest absolute Gasteiger partial charge is 0.0558 e. The molecule has 1 aliphatic rings. The van der Waals surface area contributed by atoms with Gasteiger partial charge in [0.1, 0.15) is 0 Å². The normalized spacial score (nSPS) is 23.8. The molecule has 1 heterocycles. The second-order valence-corrected chi connectivity index (χ2v) is 3.76. The molecule has 3 heteroatoms. The van der Waals surface area contributed by atoms with Crippen molar-refractivity contribution in [3.8, 4) is 0 Å². The lowest BCUT2D eigenvalue weighted by Gasteiger charge is -2.29. The number of aliphatic hydroxyl groups excluding tert-OH is 1. The van der Waals surface area contributed by atoms with Gasteiger partial charge in [0, 0.05) is 19.1 Å². The Morgan fingerprint density at radius 1 is 1.46 bits per heavy atom. The lowest BCUT2D eigenvalue weighted by molar-refractivity contribution is 0.180. The minimum absolute atomic E-state index is 0.278. The summed E-state index contributed by atoms with van der Waals surface area (Å²) < 4.78 is 0. The van der Waals surface area contributed by atoms with Gasteiger partial charge in [-0.1, -0.05) is 13.3 Å². The fraction of sp³-hybridized carbons (Fsp3) is 1.00. The number of rotatable bonds is 5. The Hall–Kier alpha value is -0.120. The van der Waals surface area contributed by atoms with Gasteiger partial charge in [0.2, 0.25) is 0 Å².